The molecule has 0 aromatic carbocycles. The summed E-state index contributed by atoms with van der Waals surface area (Å²) in [5.74, 6) is 0. The van der Waals surface area contributed by atoms with Gasteiger partial charge in [0.25, 0.3) is 5.56 Å². The van der Waals surface area contributed by atoms with Gasteiger partial charge in [-0.2, -0.15) is 0 Å². The molecule has 1 aromatic rings. The van der Waals surface area contributed by atoms with Gasteiger partial charge in [0.05, 0.1) is 12.2 Å². The number of aldehydes is 1. The van der Waals surface area contributed by atoms with Gasteiger partial charge in [0.15, 0.2) is 12.5 Å². The molecule has 4 unspecified atom stereocenters. The number of carbonyl (C=O) groups is 1. The number of H-pyrrole nitrogens is 1. The Bertz CT molecular complexity index is 592. The number of aromatic nitrogens is 2. The van der Waals surface area contributed by atoms with Crippen molar-refractivity contribution >= 4 is 6.29 Å². The monoisotopic (exact) mass is 272 g/mol. The van der Waals surface area contributed by atoms with Gasteiger partial charge in [-0.05, 0) is 0 Å². The topological polar surface area (TPSA) is 142 Å². The Balaban J connectivity index is 2.46. The highest BCUT2D eigenvalue weighted by atomic mass is 16.6. The number of aromatic amines is 1. The second-order valence-corrected chi connectivity index (χ2v) is 4.10. The summed E-state index contributed by atoms with van der Waals surface area (Å²) < 4.78 is 5.90. The average molecular weight is 272 g/mol. The molecule has 1 aliphatic rings. The van der Waals surface area contributed by atoms with E-state index in [1.165, 1.54) is 0 Å². The predicted molar refractivity (Wildman–Crippen MR) is 59.7 cm³/mol. The van der Waals surface area contributed by atoms with Crippen LogP contribution in [0.4, 0.5) is 0 Å². The molecule has 0 bridgehead atoms. The molecule has 4 N–H and O–H groups in total. The standard InChI is InChI=1S/C10H12N2O7/c13-2-4-1-12(10(18)11-8(4)17)9-7(16)6(15)5(3-14)19-9/h1-2,5-7,9,14-16H,3H2,(H,11,17,18). The summed E-state index contributed by atoms with van der Waals surface area (Å²) in [5.41, 5.74) is -2.08. The molecular formula is C10H12N2O7. The quantitative estimate of drug-likeness (QED) is 0.428. The zero-order valence-electron chi connectivity index (χ0n) is 9.59. The third-order valence-corrected chi connectivity index (χ3v) is 2.91. The Kier molecular flexibility index (Phi) is 3.62. The van der Waals surface area contributed by atoms with Gasteiger partial charge in [0.1, 0.15) is 18.3 Å². The van der Waals surface area contributed by atoms with Gasteiger partial charge in [-0.25, -0.2) is 4.79 Å². The molecule has 0 saturated carbocycles. The third kappa shape index (κ3) is 2.24. The number of hydrogen-bond donors (Lipinski definition) is 4. The van der Waals surface area contributed by atoms with E-state index in [-0.39, 0.29) is 11.8 Å². The van der Waals surface area contributed by atoms with Crippen molar-refractivity contribution in [1.82, 2.24) is 9.55 Å². The molecule has 0 aliphatic carbocycles. The number of nitrogens with one attached hydrogen (secondary N) is 1. The maximum Gasteiger partial charge on any atom is 0.330 e. The van der Waals surface area contributed by atoms with Crippen molar-refractivity contribution < 1.29 is 24.9 Å². The lowest BCUT2D eigenvalue weighted by Crippen LogP contribution is -2.38. The molecule has 1 saturated heterocycles. The van der Waals surface area contributed by atoms with Crippen molar-refractivity contribution in [2.45, 2.75) is 24.5 Å². The smallest absolute Gasteiger partial charge is 0.330 e. The van der Waals surface area contributed by atoms with E-state index in [2.05, 4.69) is 0 Å². The van der Waals surface area contributed by atoms with Crippen LogP contribution in [-0.4, -0.2) is 56.1 Å². The average Bonchev–Trinajstić information content (AvgIpc) is 2.67. The lowest BCUT2D eigenvalue weighted by Gasteiger charge is -2.17. The van der Waals surface area contributed by atoms with Crippen molar-refractivity contribution in [1.29, 1.82) is 0 Å². The van der Waals surface area contributed by atoms with Crippen LogP contribution in [0.3, 0.4) is 0 Å². The van der Waals surface area contributed by atoms with Crippen LogP contribution >= 0.6 is 0 Å². The molecular weight excluding hydrogens is 260 g/mol. The van der Waals surface area contributed by atoms with Crippen molar-refractivity contribution in [3.63, 3.8) is 0 Å². The number of hydrogen-bond acceptors (Lipinski definition) is 7. The normalized spacial score (nSPS) is 30.5. The first-order chi connectivity index (χ1) is 8.99. The number of carbonyl (C=O) groups excluding carboxylic acids is 1. The first-order valence-electron chi connectivity index (χ1n) is 5.42. The Morgan fingerprint density at radius 2 is 2.05 bits per heavy atom. The fourth-order valence-electron chi connectivity index (χ4n) is 1.88. The van der Waals surface area contributed by atoms with E-state index in [9.17, 15) is 24.6 Å². The van der Waals surface area contributed by atoms with Crippen molar-refractivity contribution in [3.05, 3.63) is 32.6 Å². The Hall–Kier alpha value is -1.81. The third-order valence-electron chi connectivity index (χ3n) is 2.91. The lowest BCUT2D eigenvalue weighted by molar-refractivity contribution is -0.0550. The molecule has 1 aliphatic heterocycles. The van der Waals surface area contributed by atoms with E-state index in [1.807, 2.05) is 4.98 Å². The summed E-state index contributed by atoms with van der Waals surface area (Å²) in [7, 11) is 0. The van der Waals surface area contributed by atoms with E-state index in [4.69, 9.17) is 9.84 Å². The molecule has 0 spiro atoms. The highest BCUT2D eigenvalue weighted by Crippen LogP contribution is 2.27. The summed E-state index contributed by atoms with van der Waals surface area (Å²) in [4.78, 5) is 35.3. The minimum atomic E-state index is -1.47. The van der Waals surface area contributed by atoms with Crippen LogP contribution in [0, 0.1) is 0 Å². The SMILES string of the molecule is O=Cc1cn(C2OC(CO)C(O)C2O)c(=O)[nH]c1=O. The number of rotatable bonds is 3. The summed E-state index contributed by atoms with van der Waals surface area (Å²) in [6.45, 7) is -0.548. The van der Waals surface area contributed by atoms with Gasteiger partial charge in [-0.1, -0.05) is 0 Å². The molecule has 19 heavy (non-hydrogen) atoms. The van der Waals surface area contributed by atoms with Crippen LogP contribution in [0.1, 0.15) is 16.6 Å². The zero-order chi connectivity index (χ0) is 14.2. The van der Waals surface area contributed by atoms with E-state index < -0.39 is 42.4 Å². The van der Waals surface area contributed by atoms with Gasteiger partial charge < -0.3 is 20.1 Å². The number of aliphatic hydroxyl groups is 3. The van der Waals surface area contributed by atoms with Gasteiger partial charge >= 0.3 is 5.69 Å². The van der Waals surface area contributed by atoms with Crippen LogP contribution < -0.4 is 11.2 Å². The first-order valence-corrected chi connectivity index (χ1v) is 5.42. The highest BCUT2D eigenvalue weighted by molar-refractivity contribution is 5.73. The van der Waals surface area contributed by atoms with Crippen LogP contribution in [-0.2, 0) is 4.74 Å². The van der Waals surface area contributed by atoms with Crippen molar-refractivity contribution in [3.8, 4) is 0 Å². The largest absolute Gasteiger partial charge is 0.394 e. The van der Waals surface area contributed by atoms with Crippen LogP contribution in [0.15, 0.2) is 15.8 Å². The lowest BCUT2D eigenvalue weighted by atomic mass is 10.1. The Morgan fingerprint density at radius 1 is 1.37 bits per heavy atom. The Labute approximate surface area is 105 Å². The summed E-state index contributed by atoms with van der Waals surface area (Å²) in [6.07, 6.45) is -4.03. The van der Waals surface area contributed by atoms with Crippen LogP contribution in [0.5, 0.6) is 0 Å². The van der Waals surface area contributed by atoms with Crippen LogP contribution in [0.2, 0.25) is 0 Å². The van der Waals surface area contributed by atoms with E-state index in [0.717, 1.165) is 10.8 Å². The second-order valence-electron chi connectivity index (χ2n) is 4.10. The molecule has 0 amide bonds. The predicted octanol–water partition coefficient (Wildman–Crippen LogP) is -3.04. The highest BCUT2D eigenvalue weighted by Gasteiger charge is 2.43. The number of nitrogens with zero attached hydrogens (tertiary/aromatic N) is 1. The van der Waals surface area contributed by atoms with E-state index in [1.54, 1.807) is 0 Å². The summed E-state index contributed by atoms with van der Waals surface area (Å²) >= 11 is 0. The molecule has 2 heterocycles. The van der Waals surface area contributed by atoms with E-state index >= 15 is 0 Å². The zero-order valence-corrected chi connectivity index (χ0v) is 9.59. The van der Waals surface area contributed by atoms with Crippen molar-refractivity contribution in [2.24, 2.45) is 0 Å². The van der Waals surface area contributed by atoms with E-state index in [0.29, 0.717) is 0 Å². The number of ether oxygens (including phenoxy) is 1. The molecule has 2 rings (SSSR count). The van der Waals surface area contributed by atoms with Gasteiger partial charge in [0, 0.05) is 6.20 Å². The molecule has 1 fully saturated rings. The van der Waals surface area contributed by atoms with Crippen LogP contribution in [0.25, 0.3) is 0 Å². The molecule has 104 valence electrons. The fraction of sp³-hybridized carbons (Fsp3) is 0.500. The molecule has 9 heteroatoms. The molecule has 1 aromatic heterocycles. The maximum atomic E-state index is 11.6. The maximum absolute atomic E-state index is 11.6. The number of aliphatic hydroxyl groups excluding tert-OH is 3. The summed E-state index contributed by atoms with van der Waals surface area (Å²) in [6, 6.07) is 0. The molecule has 0 radical (unpaired) electrons. The minimum Gasteiger partial charge on any atom is -0.394 e. The van der Waals surface area contributed by atoms with Crippen molar-refractivity contribution in [2.75, 3.05) is 6.61 Å². The van der Waals surface area contributed by atoms with Gasteiger partial charge in [-0.15, -0.1) is 0 Å². The minimum absolute atomic E-state index is 0.246. The molecule has 4 atom stereocenters. The molecule has 9 nitrogen and oxygen atoms in total. The Morgan fingerprint density at radius 3 is 2.58 bits per heavy atom. The van der Waals surface area contributed by atoms with Gasteiger partial charge in [0.2, 0.25) is 0 Å². The first kappa shape index (κ1) is 13.6. The second kappa shape index (κ2) is 5.05. The summed E-state index contributed by atoms with van der Waals surface area (Å²) in [5, 5.41) is 28.2. The fourth-order valence-corrected chi connectivity index (χ4v) is 1.88. The van der Waals surface area contributed by atoms with Gasteiger partial charge in [-0.3, -0.25) is 19.1 Å².